The number of aliphatic carboxylic acids is 1. The molecule has 3 heteroatoms. The summed E-state index contributed by atoms with van der Waals surface area (Å²) in [6.07, 6.45) is 10.1. The van der Waals surface area contributed by atoms with Gasteiger partial charge in [0.15, 0.2) is 11.9 Å². The molecular formula is C21H28NO2+. The highest BCUT2D eigenvalue weighted by atomic mass is 16.4. The lowest BCUT2D eigenvalue weighted by Crippen LogP contribution is -2.34. The summed E-state index contributed by atoms with van der Waals surface area (Å²) in [4.78, 5) is 10.5. The van der Waals surface area contributed by atoms with E-state index in [1.807, 2.05) is 6.07 Å². The Labute approximate surface area is 145 Å². The molecule has 128 valence electrons. The molecule has 0 unspecified atom stereocenters. The van der Waals surface area contributed by atoms with Gasteiger partial charge in [0.05, 0.1) is 0 Å². The fraction of sp³-hybridized carbons (Fsp3) is 0.429. The number of rotatable bonds is 10. The molecule has 0 spiro atoms. The molecule has 1 N–H and O–H groups in total. The Morgan fingerprint density at radius 1 is 0.917 bits per heavy atom. The molecule has 1 aromatic carbocycles. The van der Waals surface area contributed by atoms with Gasteiger partial charge in [-0.15, -0.1) is 0 Å². The Hall–Kier alpha value is -2.16. The van der Waals surface area contributed by atoms with Gasteiger partial charge < -0.3 is 5.11 Å². The number of para-hydroxylation sites is 1. The van der Waals surface area contributed by atoms with E-state index < -0.39 is 5.97 Å². The summed E-state index contributed by atoms with van der Waals surface area (Å²) in [5.41, 5.74) is 3.92. The first-order valence-electron chi connectivity index (χ1n) is 8.96. The first-order chi connectivity index (χ1) is 11.7. The van der Waals surface area contributed by atoms with Gasteiger partial charge in [-0.3, -0.25) is 4.79 Å². The quantitative estimate of drug-likeness (QED) is 0.511. The standard InChI is InChI=1S/C21H27NO2/c1-18-19(12-7-4-2-3-5-10-16-21(23)24)13-11-17-22(18)20-14-8-6-9-15-20/h6,8-9,11,13-15,17H,2-5,7,10,12,16H2,1H3/p+1. The first-order valence-corrected chi connectivity index (χ1v) is 8.96. The van der Waals surface area contributed by atoms with Crippen molar-refractivity contribution >= 4 is 5.97 Å². The third-order valence-corrected chi connectivity index (χ3v) is 4.48. The molecule has 0 bridgehead atoms. The predicted molar refractivity (Wildman–Crippen MR) is 96.4 cm³/mol. The molecule has 0 aliphatic rings. The van der Waals surface area contributed by atoms with E-state index in [-0.39, 0.29) is 0 Å². The van der Waals surface area contributed by atoms with Crippen molar-refractivity contribution in [2.45, 2.75) is 58.3 Å². The van der Waals surface area contributed by atoms with Crippen molar-refractivity contribution in [3.05, 3.63) is 59.9 Å². The number of hydrogen-bond acceptors (Lipinski definition) is 1. The number of aromatic nitrogens is 1. The summed E-state index contributed by atoms with van der Waals surface area (Å²) in [7, 11) is 0. The van der Waals surface area contributed by atoms with Crippen molar-refractivity contribution < 1.29 is 14.5 Å². The minimum absolute atomic E-state index is 0.308. The number of nitrogens with zero attached hydrogens (tertiary/aromatic N) is 1. The van der Waals surface area contributed by atoms with Crippen LogP contribution in [0.4, 0.5) is 0 Å². The summed E-state index contributed by atoms with van der Waals surface area (Å²) in [6.45, 7) is 2.19. The van der Waals surface area contributed by atoms with Crippen LogP contribution < -0.4 is 4.57 Å². The average molecular weight is 326 g/mol. The molecule has 0 aliphatic heterocycles. The number of carboxylic acids is 1. The lowest BCUT2D eigenvalue weighted by atomic mass is 10.0. The third-order valence-electron chi connectivity index (χ3n) is 4.48. The molecule has 0 radical (unpaired) electrons. The van der Waals surface area contributed by atoms with Crippen LogP contribution in [0.2, 0.25) is 0 Å². The Morgan fingerprint density at radius 2 is 1.58 bits per heavy atom. The average Bonchev–Trinajstić information content (AvgIpc) is 2.59. The molecule has 2 rings (SSSR count). The van der Waals surface area contributed by atoms with Crippen LogP contribution in [0.1, 0.15) is 56.2 Å². The molecular weight excluding hydrogens is 298 g/mol. The summed E-state index contributed by atoms with van der Waals surface area (Å²) in [5.74, 6) is -0.679. The number of carbonyl (C=O) groups is 1. The van der Waals surface area contributed by atoms with Crippen LogP contribution in [-0.2, 0) is 11.2 Å². The van der Waals surface area contributed by atoms with Crippen molar-refractivity contribution in [2.24, 2.45) is 0 Å². The number of aryl methyl sites for hydroxylation is 1. The second-order valence-electron chi connectivity index (χ2n) is 6.34. The number of hydrogen-bond donors (Lipinski definition) is 1. The number of unbranched alkanes of at least 4 members (excludes halogenated alkanes) is 5. The Kier molecular flexibility index (Phi) is 7.47. The predicted octanol–water partition coefficient (Wildman–Crippen LogP) is 4.63. The van der Waals surface area contributed by atoms with Crippen molar-refractivity contribution in [3.8, 4) is 5.69 Å². The molecule has 1 heterocycles. The van der Waals surface area contributed by atoms with E-state index in [0.717, 1.165) is 25.7 Å². The molecule has 0 atom stereocenters. The number of benzene rings is 1. The van der Waals surface area contributed by atoms with Gasteiger partial charge in [0.25, 0.3) is 0 Å². The second kappa shape index (κ2) is 9.86. The van der Waals surface area contributed by atoms with Crippen molar-refractivity contribution in [1.82, 2.24) is 0 Å². The lowest BCUT2D eigenvalue weighted by Gasteiger charge is -2.06. The van der Waals surface area contributed by atoms with Crippen molar-refractivity contribution in [2.75, 3.05) is 0 Å². The van der Waals surface area contributed by atoms with Crippen LogP contribution in [0.15, 0.2) is 48.7 Å². The largest absolute Gasteiger partial charge is 0.481 e. The zero-order valence-electron chi connectivity index (χ0n) is 14.6. The minimum atomic E-state index is -0.679. The van der Waals surface area contributed by atoms with Crippen molar-refractivity contribution in [1.29, 1.82) is 0 Å². The van der Waals surface area contributed by atoms with Gasteiger partial charge in [-0.1, -0.05) is 43.9 Å². The highest BCUT2D eigenvalue weighted by Gasteiger charge is 2.13. The molecule has 24 heavy (non-hydrogen) atoms. The van der Waals surface area contributed by atoms with Gasteiger partial charge in [0, 0.05) is 37.1 Å². The van der Waals surface area contributed by atoms with Gasteiger partial charge in [-0.2, -0.15) is 4.57 Å². The Morgan fingerprint density at radius 3 is 2.29 bits per heavy atom. The summed E-state index contributed by atoms with van der Waals surface area (Å²) in [5, 5.41) is 8.61. The van der Waals surface area contributed by atoms with Crippen LogP contribution >= 0.6 is 0 Å². The van der Waals surface area contributed by atoms with E-state index in [1.54, 1.807) is 0 Å². The highest BCUT2D eigenvalue weighted by Crippen LogP contribution is 2.13. The van der Waals surface area contributed by atoms with E-state index in [9.17, 15) is 4.79 Å². The maximum atomic E-state index is 10.5. The van der Waals surface area contributed by atoms with Crippen LogP contribution in [0.3, 0.4) is 0 Å². The maximum absolute atomic E-state index is 10.5. The smallest absolute Gasteiger partial charge is 0.303 e. The zero-order chi connectivity index (χ0) is 17.2. The molecule has 0 fully saturated rings. The molecule has 0 aliphatic carbocycles. The molecule has 3 nitrogen and oxygen atoms in total. The molecule has 0 saturated heterocycles. The van der Waals surface area contributed by atoms with Gasteiger partial charge in [0.1, 0.15) is 0 Å². The normalized spacial score (nSPS) is 10.7. The Balaban J connectivity index is 1.76. The lowest BCUT2D eigenvalue weighted by molar-refractivity contribution is -0.603. The first kappa shape index (κ1) is 18.2. The minimum Gasteiger partial charge on any atom is -0.481 e. The second-order valence-corrected chi connectivity index (χ2v) is 6.34. The summed E-state index contributed by atoms with van der Waals surface area (Å²) < 4.78 is 2.25. The molecule has 0 saturated carbocycles. The highest BCUT2D eigenvalue weighted by molar-refractivity contribution is 5.66. The number of pyridine rings is 1. The van der Waals surface area contributed by atoms with Crippen LogP contribution in [-0.4, -0.2) is 11.1 Å². The van der Waals surface area contributed by atoms with Gasteiger partial charge in [-0.25, -0.2) is 0 Å². The van der Waals surface area contributed by atoms with Crippen LogP contribution in [0.5, 0.6) is 0 Å². The van der Waals surface area contributed by atoms with E-state index in [0.29, 0.717) is 6.42 Å². The van der Waals surface area contributed by atoms with E-state index in [2.05, 4.69) is 54.1 Å². The van der Waals surface area contributed by atoms with E-state index in [4.69, 9.17) is 5.11 Å². The number of carboxylic acid groups (broad SMARTS) is 1. The maximum Gasteiger partial charge on any atom is 0.303 e. The van der Waals surface area contributed by atoms with Gasteiger partial charge in [0.2, 0.25) is 5.69 Å². The van der Waals surface area contributed by atoms with Crippen LogP contribution in [0.25, 0.3) is 5.69 Å². The Bertz CT molecular complexity index is 638. The van der Waals surface area contributed by atoms with E-state index in [1.165, 1.54) is 36.2 Å². The zero-order valence-corrected chi connectivity index (χ0v) is 14.6. The monoisotopic (exact) mass is 326 g/mol. The summed E-state index contributed by atoms with van der Waals surface area (Å²) in [6, 6.07) is 14.8. The topological polar surface area (TPSA) is 41.2 Å². The van der Waals surface area contributed by atoms with Crippen molar-refractivity contribution in [3.63, 3.8) is 0 Å². The molecule has 2 aromatic rings. The summed E-state index contributed by atoms with van der Waals surface area (Å²) >= 11 is 0. The van der Waals surface area contributed by atoms with E-state index >= 15 is 0 Å². The fourth-order valence-electron chi connectivity index (χ4n) is 3.06. The van der Waals surface area contributed by atoms with Gasteiger partial charge >= 0.3 is 5.97 Å². The third kappa shape index (κ3) is 5.80. The van der Waals surface area contributed by atoms with Crippen LogP contribution in [0, 0.1) is 6.92 Å². The SMILES string of the molecule is Cc1c(CCCCCCCCC(=O)O)ccc[n+]1-c1ccccc1. The molecule has 0 amide bonds. The molecule has 1 aromatic heterocycles. The fourth-order valence-corrected chi connectivity index (χ4v) is 3.06. The van der Waals surface area contributed by atoms with Gasteiger partial charge in [-0.05, 0) is 25.3 Å².